The van der Waals surface area contributed by atoms with Crippen molar-refractivity contribution < 1.29 is 28.5 Å². The molecule has 1 saturated heterocycles. The van der Waals surface area contributed by atoms with Crippen LogP contribution in [0.15, 0.2) is 0 Å². The molecule has 24 heavy (non-hydrogen) atoms. The van der Waals surface area contributed by atoms with E-state index in [-0.39, 0.29) is 24.2 Å². The summed E-state index contributed by atoms with van der Waals surface area (Å²) in [5, 5.41) is 2.84. The van der Waals surface area contributed by atoms with Crippen LogP contribution in [0.25, 0.3) is 0 Å². The summed E-state index contributed by atoms with van der Waals surface area (Å²) in [7, 11) is 0. The molecule has 7 heteroatoms. The van der Waals surface area contributed by atoms with Gasteiger partial charge in [0.05, 0.1) is 18.6 Å². The second-order valence-electron chi connectivity index (χ2n) is 7.81. The molecule has 7 nitrogen and oxygen atoms in total. The van der Waals surface area contributed by atoms with E-state index >= 15 is 0 Å². The maximum atomic E-state index is 12.3. The van der Waals surface area contributed by atoms with Crippen LogP contribution in [0.5, 0.6) is 0 Å². The van der Waals surface area contributed by atoms with Crippen LogP contribution in [0.2, 0.25) is 0 Å². The molecule has 4 unspecified atom stereocenters. The fraction of sp³-hybridized carbons (Fsp3) is 0.882. The highest BCUT2D eigenvalue weighted by Crippen LogP contribution is 2.40. The lowest BCUT2D eigenvalue weighted by Crippen LogP contribution is -2.51. The quantitative estimate of drug-likeness (QED) is 0.792. The van der Waals surface area contributed by atoms with Gasteiger partial charge in [-0.2, -0.15) is 0 Å². The summed E-state index contributed by atoms with van der Waals surface area (Å²) in [5.41, 5.74) is -0.573. The Balaban J connectivity index is 2.07. The third-order valence-electron chi connectivity index (χ3n) is 3.98. The predicted octanol–water partition coefficient (Wildman–Crippen LogP) is 2.37. The predicted molar refractivity (Wildman–Crippen MR) is 86.3 cm³/mol. The minimum absolute atomic E-state index is 0.229. The van der Waals surface area contributed by atoms with Gasteiger partial charge in [-0.05, 0) is 54.4 Å². The lowest BCUT2D eigenvalue weighted by molar-refractivity contribution is -0.163. The Kier molecular flexibility index (Phi) is 5.44. The number of carbonyl (C=O) groups is 2. The molecule has 0 aromatic rings. The zero-order valence-electron chi connectivity index (χ0n) is 15.4. The van der Waals surface area contributed by atoms with Crippen molar-refractivity contribution >= 4 is 12.1 Å². The third-order valence-corrected chi connectivity index (χ3v) is 3.98. The molecule has 1 aliphatic carbocycles. The molecule has 2 rings (SSSR count). The first-order valence-corrected chi connectivity index (χ1v) is 8.52. The van der Waals surface area contributed by atoms with Gasteiger partial charge in [-0.1, -0.05) is 0 Å². The monoisotopic (exact) mass is 343 g/mol. The first kappa shape index (κ1) is 19.0. The van der Waals surface area contributed by atoms with E-state index in [4.69, 9.17) is 18.9 Å². The van der Waals surface area contributed by atoms with Crippen molar-refractivity contribution in [3.05, 3.63) is 0 Å². The lowest BCUT2D eigenvalue weighted by Gasteiger charge is -2.35. The Morgan fingerprint density at radius 1 is 1.21 bits per heavy atom. The van der Waals surface area contributed by atoms with Gasteiger partial charge in [0.2, 0.25) is 0 Å². The summed E-state index contributed by atoms with van der Waals surface area (Å²) in [6, 6.07) is -0.229. The van der Waals surface area contributed by atoms with Crippen molar-refractivity contribution in [3.8, 4) is 0 Å². The third kappa shape index (κ3) is 4.83. The fourth-order valence-electron chi connectivity index (χ4n) is 3.28. The summed E-state index contributed by atoms with van der Waals surface area (Å²) in [6.45, 7) is 11.1. The average Bonchev–Trinajstić information content (AvgIpc) is 2.69. The smallest absolute Gasteiger partial charge is 0.407 e. The maximum Gasteiger partial charge on any atom is 0.407 e. The molecule has 0 spiro atoms. The van der Waals surface area contributed by atoms with E-state index in [1.165, 1.54) is 0 Å². The van der Waals surface area contributed by atoms with Crippen LogP contribution in [0.1, 0.15) is 54.4 Å². The number of amides is 1. The molecule has 1 N–H and O–H groups in total. The van der Waals surface area contributed by atoms with Crippen LogP contribution in [0, 0.1) is 5.92 Å². The van der Waals surface area contributed by atoms with E-state index in [9.17, 15) is 9.59 Å². The minimum Gasteiger partial charge on any atom is -0.466 e. The Morgan fingerprint density at radius 2 is 1.88 bits per heavy atom. The number of hydrogen-bond donors (Lipinski definition) is 1. The van der Waals surface area contributed by atoms with Gasteiger partial charge < -0.3 is 24.3 Å². The molecule has 1 saturated carbocycles. The molecule has 0 radical (unpaired) electrons. The van der Waals surface area contributed by atoms with E-state index in [1.54, 1.807) is 27.7 Å². The highest BCUT2D eigenvalue weighted by atomic mass is 16.8. The number of fused-ring (bicyclic) bond motifs is 1. The summed E-state index contributed by atoms with van der Waals surface area (Å²) in [6.07, 6.45) is -0.0902. The summed E-state index contributed by atoms with van der Waals surface area (Å²) < 4.78 is 22.3. The van der Waals surface area contributed by atoms with E-state index in [0.717, 1.165) is 0 Å². The van der Waals surface area contributed by atoms with Crippen LogP contribution < -0.4 is 5.32 Å². The SMILES string of the molecule is CCOC(=O)C1CC(NC(=O)OC(C)(C)C)CC2OC(C)(C)OC21. The molecule has 1 aliphatic heterocycles. The van der Waals surface area contributed by atoms with Crippen molar-refractivity contribution in [1.82, 2.24) is 5.32 Å². The molecule has 0 bridgehead atoms. The highest BCUT2D eigenvalue weighted by molar-refractivity contribution is 5.74. The highest BCUT2D eigenvalue weighted by Gasteiger charge is 2.52. The first-order chi connectivity index (χ1) is 11.0. The normalized spacial score (nSPS) is 31.9. The van der Waals surface area contributed by atoms with E-state index in [0.29, 0.717) is 19.4 Å². The van der Waals surface area contributed by atoms with Gasteiger partial charge in [0, 0.05) is 6.04 Å². The number of carbonyl (C=O) groups excluding carboxylic acids is 2. The van der Waals surface area contributed by atoms with E-state index in [2.05, 4.69) is 5.32 Å². The second kappa shape index (κ2) is 6.88. The van der Waals surface area contributed by atoms with Gasteiger partial charge in [0.15, 0.2) is 5.79 Å². The van der Waals surface area contributed by atoms with Gasteiger partial charge >= 0.3 is 12.1 Å². The van der Waals surface area contributed by atoms with Crippen LogP contribution in [0.3, 0.4) is 0 Å². The minimum atomic E-state index is -0.749. The second-order valence-corrected chi connectivity index (χ2v) is 7.81. The number of alkyl carbamates (subject to hydrolysis) is 1. The summed E-state index contributed by atoms with van der Waals surface area (Å²) in [4.78, 5) is 24.3. The Labute approximate surface area is 143 Å². The molecule has 0 aromatic carbocycles. The van der Waals surface area contributed by atoms with E-state index < -0.39 is 23.4 Å². The molecule has 4 atom stereocenters. The standard InChI is InChI=1S/C17H29NO6/c1-7-21-14(19)11-8-10(18-15(20)24-16(2,3)4)9-12-13(11)23-17(5,6)22-12/h10-13H,7-9H2,1-6H3,(H,18,20). The summed E-state index contributed by atoms with van der Waals surface area (Å²) >= 11 is 0. The number of ether oxygens (including phenoxy) is 4. The number of hydrogen-bond acceptors (Lipinski definition) is 6. The lowest BCUT2D eigenvalue weighted by atomic mass is 9.81. The first-order valence-electron chi connectivity index (χ1n) is 8.52. The van der Waals surface area contributed by atoms with Gasteiger partial charge in [-0.3, -0.25) is 4.79 Å². The van der Waals surface area contributed by atoms with Crippen LogP contribution in [0.4, 0.5) is 4.79 Å². The fourth-order valence-corrected chi connectivity index (χ4v) is 3.28. The van der Waals surface area contributed by atoms with Gasteiger partial charge in [-0.25, -0.2) is 4.79 Å². The van der Waals surface area contributed by atoms with Crippen molar-refractivity contribution in [2.45, 2.75) is 84.0 Å². The molecular formula is C17H29NO6. The van der Waals surface area contributed by atoms with Gasteiger partial charge in [-0.15, -0.1) is 0 Å². The molecule has 1 heterocycles. The largest absolute Gasteiger partial charge is 0.466 e. The molecule has 2 fully saturated rings. The van der Waals surface area contributed by atoms with Gasteiger partial charge in [0.1, 0.15) is 11.7 Å². The Morgan fingerprint density at radius 3 is 2.46 bits per heavy atom. The zero-order chi connectivity index (χ0) is 18.1. The van der Waals surface area contributed by atoms with Crippen LogP contribution in [-0.4, -0.2) is 48.3 Å². The van der Waals surface area contributed by atoms with Crippen molar-refractivity contribution in [2.24, 2.45) is 5.92 Å². The molecule has 2 aliphatic rings. The number of esters is 1. The average molecular weight is 343 g/mol. The van der Waals surface area contributed by atoms with Crippen LogP contribution in [-0.2, 0) is 23.7 Å². The van der Waals surface area contributed by atoms with Crippen molar-refractivity contribution in [1.29, 1.82) is 0 Å². The number of nitrogens with one attached hydrogen (secondary N) is 1. The van der Waals surface area contributed by atoms with Crippen molar-refractivity contribution in [3.63, 3.8) is 0 Å². The molecule has 0 aromatic heterocycles. The van der Waals surface area contributed by atoms with Crippen LogP contribution >= 0.6 is 0 Å². The number of rotatable bonds is 3. The molecule has 1 amide bonds. The topological polar surface area (TPSA) is 83.1 Å². The molecule has 138 valence electrons. The molecular weight excluding hydrogens is 314 g/mol. The maximum absolute atomic E-state index is 12.3. The Hall–Kier alpha value is -1.34. The summed E-state index contributed by atoms with van der Waals surface area (Å²) in [5.74, 6) is -1.53. The van der Waals surface area contributed by atoms with Gasteiger partial charge in [0.25, 0.3) is 0 Å². The van der Waals surface area contributed by atoms with E-state index in [1.807, 2.05) is 13.8 Å². The Bertz CT molecular complexity index is 484. The van der Waals surface area contributed by atoms with Crippen molar-refractivity contribution in [2.75, 3.05) is 6.61 Å². The zero-order valence-corrected chi connectivity index (χ0v) is 15.4.